The van der Waals surface area contributed by atoms with E-state index >= 15 is 0 Å². The predicted molar refractivity (Wildman–Crippen MR) is 68.7 cm³/mol. The van der Waals surface area contributed by atoms with Crippen LogP contribution >= 0.6 is 0 Å². The molecule has 3 rings (SSSR count). The Balaban J connectivity index is 1.88. The molecule has 2 amide bonds. The first-order chi connectivity index (χ1) is 9.17. The van der Waals surface area contributed by atoms with Crippen molar-refractivity contribution in [2.45, 2.75) is 6.04 Å². The largest absolute Gasteiger partial charge is 0.417 e. The third-order valence-corrected chi connectivity index (χ3v) is 3.23. The minimum absolute atomic E-state index is 0.108. The molecular weight excluding hydrogens is 248 g/mol. The van der Waals surface area contributed by atoms with Crippen LogP contribution in [-0.4, -0.2) is 35.5 Å². The second-order valence-electron chi connectivity index (χ2n) is 4.51. The molecule has 19 heavy (non-hydrogen) atoms. The second kappa shape index (κ2) is 4.43. The Morgan fingerprint density at radius 1 is 1.42 bits per heavy atom. The number of nitrogens with two attached hydrogens (primary N) is 1. The number of nitrogens with one attached hydrogen (secondary N) is 2. The number of fused-ring (bicyclic) bond motifs is 1. The van der Waals surface area contributed by atoms with Crippen molar-refractivity contribution in [1.29, 1.82) is 0 Å². The van der Waals surface area contributed by atoms with Gasteiger partial charge in [0, 0.05) is 19.6 Å². The number of hydrogen-bond acceptors (Lipinski definition) is 4. The second-order valence-corrected chi connectivity index (χ2v) is 4.51. The highest BCUT2D eigenvalue weighted by Crippen LogP contribution is 2.23. The molecule has 0 spiro atoms. The Bertz CT molecular complexity index is 675. The van der Waals surface area contributed by atoms with Gasteiger partial charge in [0.1, 0.15) is 0 Å². The van der Waals surface area contributed by atoms with Gasteiger partial charge in [0.25, 0.3) is 0 Å². The lowest BCUT2D eigenvalue weighted by Gasteiger charge is -2.12. The number of aromatic nitrogens is 1. The molecule has 1 aromatic heterocycles. The fourth-order valence-corrected chi connectivity index (χ4v) is 2.31. The average molecular weight is 262 g/mol. The average Bonchev–Trinajstić information content (AvgIpc) is 2.91. The molecule has 1 saturated heterocycles. The van der Waals surface area contributed by atoms with Crippen LogP contribution in [0.25, 0.3) is 11.1 Å². The number of urea groups is 1. The van der Waals surface area contributed by atoms with E-state index in [0.29, 0.717) is 30.7 Å². The molecule has 100 valence electrons. The molecule has 0 aliphatic carbocycles. The molecular formula is C12H14N4O3. The third-order valence-electron chi connectivity index (χ3n) is 3.23. The SMILES string of the molecule is NCCN1CC(c2ccc3[nH]c(=O)oc3c2)NC1=O. The van der Waals surface area contributed by atoms with Gasteiger partial charge >= 0.3 is 11.8 Å². The molecule has 0 radical (unpaired) electrons. The molecule has 0 bridgehead atoms. The molecule has 0 saturated carbocycles. The number of benzene rings is 1. The third kappa shape index (κ3) is 2.08. The standard InChI is InChI=1S/C12H14N4O3/c13-3-4-16-6-9(14-11(16)17)7-1-2-8-10(5-7)19-12(18)15-8/h1-2,5,9H,3-4,6,13H2,(H,14,17)(H,15,18). The molecule has 7 heteroatoms. The van der Waals surface area contributed by atoms with E-state index in [0.717, 1.165) is 5.56 Å². The number of carbonyl (C=O) groups is 1. The van der Waals surface area contributed by atoms with Gasteiger partial charge in [0.2, 0.25) is 0 Å². The van der Waals surface area contributed by atoms with E-state index in [9.17, 15) is 9.59 Å². The summed E-state index contributed by atoms with van der Waals surface area (Å²) in [5.41, 5.74) is 7.51. The molecule has 1 aliphatic rings. The van der Waals surface area contributed by atoms with Gasteiger partial charge in [-0.1, -0.05) is 6.07 Å². The van der Waals surface area contributed by atoms with Gasteiger partial charge in [-0.25, -0.2) is 9.59 Å². The van der Waals surface area contributed by atoms with Crippen molar-refractivity contribution in [3.05, 3.63) is 34.3 Å². The van der Waals surface area contributed by atoms with E-state index in [1.54, 1.807) is 17.0 Å². The summed E-state index contributed by atoms with van der Waals surface area (Å²) in [5, 5.41) is 2.88. The van der Waals surface area contributed by atoms with Crippen molar-refractivity contribution in [2.24, 2.45) is 5.73 Å². The maximum absolute atomic E-state index is 11.7. The highest BCUT2D eigenvalue weighted by atomic mass is 16.4. The summed E-state index contributed by atoms with van der Waals surface area (Å²) in [7, 11) is 0. The number of aromatic amines is 1. The quantitative estimate of drug-likeness (QED) is 0.732. The van der Waals surface area contributed by atoms with E-state index < -0.39 is 5.76 Å². The summed E-state index contributed by atoms with van der Waals surface area (Å²) in [5.74, 6) is -0.479. The summed E-state index contributed by atoms with van der Waals surface area (Å²) in [4.78, 5) is 27.0. The summed E-state index contributed by atoms with van der Waals surface area (Å²) in [6.45, 7) is 1.53. The number of rotatable bonds is 3. The monoisotopic (exact) mass is 262 g/mol. The van der Waals surface area contributed by atoms with Crippen LogP contribution in [0.5, 0.6) is 0 Å². The van der Waals surface area contributed by atoms with Gasteiger partial charge < -0.3 is 20.4 Å². The highest BCUT2D eigenvalue weighted by Gasteiger charge is 2.29. The fourth-order valence-electron chi connectivity index (χ4n) is 2.31. The van der Waals surface area contributed by atoms with Crippen LogP contribution in [0.4, 0.5) is 4.79 Å². The first-order valence-electron chi connectivity index (χ1n) is 6.05. The number of carbonyl (C=O) groups excluding carboxylic acids is 1. The van der Waals surface area contributed by atoms with Crippen molar-refractivity contribution < 1.29 is 9.21 Å². The van der Waals surface area contributed by atoms with Crippen molar-refractivity contribution in [1.82, 2.24) is 15.2 Å². The Morgan fingerprint density at radius 3 is 3.05 bits per heavy atom. The van der Waals surface area contributed by atoms with Gasteiger partial charge in [0.05, 0.1) is 11.6 Å². The highest BCUT2D eigenvalue weighted by molar-refractivity contribution is 5.78. The number of oxazole rings is 1. The van der Waals surface area contributed by atoms with Gasteiger partial charge in [-0.05, 0) is 17.7 Å². The minimum atomic E-state index is -0.479. The molecule has 1 aliphatic heterocycles. The van der Waals surface area contributed by atoms with Crippen LogP contribution in [0.2, 0.25) is 0 Å². The summed E-state index contributed by atoms with van der Waals surface area (Å²) < 4.78 is 5.01. The number of amides is 2. The van der Waals surface area contributed by atoms with Gasteiger partial charge in [-0.2, -0.15) is 0 Å². The fraction of sp³-hybridized carbons (Fsp3) is 0.333. The van der Waals surface area contributed by atoms with Crippen LogP contribution in [0, 0.1) is 0 Å². The van der Waals surface area contributed by atoms with Crippen LogP contribution in [-0.2, 0) is 0 Å². The van der Waals surface area contributed by atoms with Crippen LogP contribution < -0.4 is 16.8 Å². The maximum Gasteiger partial charge on any atom is 0.417 e. The zero-order valence-corrected chi connectivity index (χ0v) is 10.2. The smallest absolute Gasteiger partial charge is 0.408 e. The minimum Gasteiger partial charge on any atom is -0.408 e. The Morgan fingerprint density at radius 2 is 2.26 bits per heavy atom. The van der Waals surface area contributed by atoms with Crippen LogP contribution in [0.15, 0.2) is 27.4 Å². The number of nitrogens with zero attached hydrogens (tertiary/aromatic N) is 1. The number of H-pyrrole nitrogens is 1. The lowest BCUT2D eigenvalue weighted by Crippen LogP contribution is -2.32. The molecule has 1 fully saturated rings. The van der Waals surface area contributed by atoms with Crippen molar-refractivity contribution >= 4 is 17.1 Å². The van der Waals surface area contributed by atoms with E-state index in [1.165, 1.54) is 0 Å². The van der Waals surface area contributed by atoms with Crippen LogP contribution in [0.3, 0.4) is 0 Å². The summed E-state index contributed by atoms with van der Waals surface area (Å²) in [6, 6.07) is 5.18. The topological polar surface area (TPSA) is 104 Å². The first-order valence-corrected chi connectivity index (χ1v) is 6.05. The van der Waals surface area contributed by atoms with E-state index in [-0.39, 0.29) is 12.1 Å². The maximum atomic E-state index is 11.7. The van der Waals surface area contributed by atoms with E-state index in [1.807, 2.05) is 6.07 Å². The molecule has 1 aromatic carbocycles. The first kappa shape index (κ1) is 11.8. The molecule has 1 atom stereocenters. The van der Waals surface area contributed by atoms with Crippen LogP contribution in [0.1, 0.15) is 11.6 Å². The zero-order valence-electron chi connectivity index (χ0n) is 10.2. The van der Waals surface area contributed by atoms with Gasteiger partial charge in [-0.15, -0.1) is 0 Å². The number of hydrogen-bond donors (Lipinski definition) is 3. The molecule has 2 aromatic rings. The van der Waals surface area contributed by atoms with Crippen molar-refractivity contribution in [2.75, 3.05) is 19.6 Å². The van der Waals surface area contributed by atoms with Gasteiger partial charge in [0.15, 0.2) is 5.58 Å². The lowest BCUT2D eigenvalue weighted by molar-refractivity contribution is 0.218. The van der Waals surface area contributed by atoms with Gasteiger partial charge in [-0.3, -0.25) is 4.98 Å². The molecule has 4 N–H and O–H groups in total. The summed E-state index contributed by atoms with van der Waals surface area (Å²) in [6.07, 6.45) is 0. The van der Waals surface area contributed by atoms with Crippen molar-refractivity contribution in [3.8, 4) is 0 Å². The Kier molecular flexibility index (Phi) is 2.75. The normalized spacial score (nSPS) is 19.1. The zero-order chi connectivity index (χ0) is 13.4. The lowest BCUT2D eigenvalue weighted by atomic mass is 10.1. The molecule has 7 nitrogen and oxygen atoms in total. The molecule has 1 unspecified atom stereocenters. The van der Waals surface area contributed by atoms with E-state index in [2.05, 4.69) is 10.3 Å². The van der Waals surface area contributed by atoms with E-state index in [4.69, 9.17) is 10.2 Å². The Labute approximate surface area is 108 Å². The Hall–Kier alpha value is -2.28. The molecule has 2 heterocycles. The predicted octanol–water partition coefficient (Wildman–Crippen LogP) is 0.146. The summed E-state index contributed by atoms with van der Waals surface area (Å²) >= 11 is 0. The van der Waals surface area contributed by atoms with Crippen molar-refractivity contribution in [3.63, 3.8) is 0 Å².